The van der Waals surface area contributed by atoms with E-state index in [4.69, 9.17) is 16.3 Å². The monoisotopic (exact) mass is 399 g/mol. The standard InChI is InChI=1S/C21H22ClN3O3/c22-16-6-2-1-5-15(16)18(25-9-3-4-10-25)12-23-21(27)14-7-8-17-19(11-14)28-13-20(26)24-17/h1-2,5-8,11,18H,3-4,9-10,12-13H2,(H,23,27)(H,24,26). The molecular weight excluding hydrogens is 378 g/mol. The van der Waals surface area contributed by atoms with Gasteiger partial charge in [-0.15, -0.1) is 0 Å². The largest absolute Gasteiger partial charge is 0.482 e. The Morgan fingerprint density at radius 1 is 1.21 bits per heavy atom. The molecule has 28 heavy (non-hydrogen) atoms. The minimum atomic E-state index is -0.196. The van der Waals surface area contributed by atoms with Gasteiger partial charge in [-0.1, -0.05) is 29.8 Å². The highest BCUT2D eigenvalue weighted by atomic mass is 35.5. The maximum Gasteiger partial charge on any atom is 0.262 e. The Bertz CT molecular complexity index is 896. The van der Waals surface area contributed by atoms with Gasteiger partial charge in [-0.05, 0) is 55.8 Å². The Morgan fingerprint density at radius 3 is 2.79 bits per heavy atom. The number of nitrogens with zero attached hydrogens (tertiary/aromatic N) is 1. The van der Waals surface area contributed by atoms with Gasteiger partial charge in [-0.2, -0.15) is 0 Å². The lowest BCUT2D eigenvalue weighted by Crippen LogP contribution is -2.37. The van der Waals surface area contributed by atoms with E-state index in [1.165, 1.54) is 0 Å². The van der Waals surface area contributed by atoms with Crippen LogP contribution in [0.2, 0.25) is 5.02 Å². The van der Waals surface area contributed by atoms with Gasteiger partial charge in [-0.3, -0.25) is 14.5 Å². The van der Waals surface area contributed by atoms with Crippen molar-refractivity contribution >= 4 is 29.1 Å². The minimum absolute atomic E-state index is 0.0355. The highest BCUT2D eigenvalue weighted by Gasteiger charge is 2.26. The first-order chi connectivity index (χ1) is 13.6. The van der Waals surface area contributed by atoms with Crippen LogP contribution in [0, 0.1) is 0 Å². The van der Waals surface area contributed by atoms with E-state index in [0.717, 1.165) is 31.5 Å². The maximum atomic E-state index is 12.7. The van der Waals surface area contributed by atoms with E-state index in [0.29, 0.717) is 28.6 Å². The van der Waals surface area contributed by atoms with Crippen molar-refractivity contribution < 1.29 is 14.3 Å². The number of likely N-dealkylation sites (tertiary alicyclic amines) is 1. The fraction of sp³-hybridized carbons (Fsp3) is 0.333. The van der Waals surface area contributed by atoms with E-state index in [9.17, 15) is 9.59 Å². The summed E-state index contributed by atoms with van der Waals surface area (Å²) in [4.78, 5) is 26.5. The van der Waals surface area contributed by atoms with Crippen molar-refractivity contribution in [1.29, 1.82) is 0 Å². The van der Waals surface area contributed by atoms with E-state index in [-0.39, 0.29) is 24.5 Å². The first kappa shape index (κ1) is 18.8. The fourth-order valence-electron chi connectivity index (χ4n) is 3.74. The van der Waals surface area contributed by atoms with Crippen molar-refractivity contribution in [2.24, 2.45) is 0 Å². The second-order valence-electron chi connectivity index (χ2n) is 7.04. The molecule has 2 aliphatic heterocycles. The molecule has 1 atom stereocenters. The summed E-state index contributed by atoms with van der Waals surface area (Å²) in [5.74, 6) is 0.131. The van der Waals surface area contributed by atoms with Crippen LogP contribution < -0.4 is 15.4 Å². The van der Waals surface area contributed by atoms with Crippen LogP contribution in [-0.4, -0.2) is 43.0 Å². The highest BCUT2D eigenvalue weighted by Crippen LogP contribution is 2.31. The number of carbonyl (C=O) groups is 2. The van der Waals surface area contributed by atoms with Gasteiger partial charge in [0.25, 0.3) is 11.8 Å². The summed E-state index contributed by atoms with van der Waals surface area (Å²) in [6.07, 6.45) is 2.31. The normalized spacial score (nSPS) is 17.4. The Hall–Kier alpha value is -2.57. The molecule has 2 aromatic carbocycles. The van der Waals surface area contributed by atoms with Crippen LogP contribution in [0.4, 0.5) is 5.69 Å². The second kappa shape index (κ2) is 8.20. The van der Waals surface area contributed by atoms with Gasteiger partial charge in [0.2, 0.25) is 0 Å². The topological polar surface area (TPSA) is 70.7 Å². The van der Waals surface area contributed by atoms with Crippen molar-refractivity contribution in [1.82, 2.24) is 10.2 Å². The molecule has 0 aliphatic carbocycles. The van der Waals surface area contributed by atoms with Crippen molar-refractivity contribution in [3.63, 3.8) is 0 Å². The molecule has 0 radical (unpaired) electrons. The summed E-state index contributed by atoms with van der Waals surface area (Å²) in [7, 11) is 0. The zero-order valence-electron chi connectivity index (χ0n) is 15.4. The molecule has 0 spiro atoms. The smallest absolute Gasteiger partial charge is 0.262 e. The first-order valence-electron chi connectivity index (χ1n) is 9.45. The molecular formula is C21H22ClN3O3. The zero-order valence-corrected chi connectivity index (χ0v) is 16.2. The molecule has 2 heterocycles. The molecule has 7 heteroatoms. The van der Waals surface area contributed by atoms with Crippen LogP contribution in [0.15, 0.2) is 42.5 Å². The predicted molar refractivity (Wildman–Crippen MR) is 108 cm³/mol. The fourth-order valence-corrected chi connectivity index (χ4v) is 4.00. The lowest BCUT2D eigenvalue weighted by atomic mass is 10.0. The number of rotatable bonds is 5. The summed E-state index contributed by atoms with van der Waals surface area (Å²) in [6.45, 7) is 2.43. The van der Waals surface area contributed by atoms with Crippen LogP contribution in [0.5, 0.6) is 5.75 Å². The number of halogens is 1. The number of amides is 2. The number of benzene rings is 2. The van der Waals surface area contributed by atoms with Crippen LogP contribution in [0.25, 0.3) is 0 Å². The van der Waals surface area contributed by atoms with Crippen LogP contribution in [-0.2, 0) is 4.79 Å². The average Bonchev–Trinajstić information content (AvgIpc) is 3.23. The Morgan fingerprint density at radius 2 is 2.00 bits per heavy atom. The summed E-state index contributed by atoms with van der Waals surface area (Å²) in [6, 6.07) is 12.9. The number of fused-ring (bicyclic) bond motifs is 1. The predicted octanol–water partition coefficient (Wildman–Crippen LogP) is 3.24. The number of carbonyl (C=O) groups excluding carboxylic acids is 2. The van der Waals surface area contributed by atoms with Gasteiger partial charge >= 0.3 is 0 Å². The van der Waals surface area contributed by atoms with Crippen molar-refractivity contribution in [3.05, 3.63) is 58.6 Å². The van der Waals surface area contributed by atoms with Crippen molar-refractivity contribution in [3.8, 4) is 5.75 Å². The molecule has 6 nitrogen and oxygen atoms in total. The second-order valence-corrected chi connectivity index (χ2v) is 7.45. The zero-order chi connectivity index (χ0) is 19.5. The molecule has 2 aromatic rings. The molecule has 1 unspecified atom stereocenters. The Balaban J connectivity index is 1.49. The summed E-state index contributed by atoms with van der Waals surface area (Å²) in [5, 5.41) is 6.47. The third kappa shape index (κ3) is 3.98. The Labute approximate surface area is 168 Å². The summed E-state index contributed by atoms with van der Waals surface area (Å²) in [5.41, 5.74) is 2.11. The van der Waals surface area contributed by atoms with Gasteiger partial charge in [-0.25, -0.2) is 0 Å². The Kier molecular flexibility index (Phi) is 5.50. The van der Waals surface area contributed by atoms with E-state index in [1.54, 1.807) is 18.2 Å². The molecule has 2 amide bonds. The van der Waals surface area contributed by atoms with Gasteiger partial charge in [0.1, 0.15) is 5.75 Å². The SMILES string of the molecule is O=C1COc2cc(C(=O)NCC(c3ccccc3Cl)N3CCCC3)ccc2N1. The van der Waals surface area contributed by atoms with Gasteiger partial charge in [0.15, 0.2) is 6.61 Å². The number of ether oxygens (including phenoxy) is 1. The quantitative estimate of drug-likeness (QED) is 0.809. The molecule has 1 fully saturated rings. The highest BCUT2D eigenvalue weighted by molar-refractivity contribution is 6.31. The summed E-state index contributed by atoms with van der Waals surface area (Å²) >= 11 is 6.43. The molecule has 0 aromatic heterocycles. The van der Waals surface area contributed by atoms with E-state index in [1.807, 2.05) is 24.3 Å². The van der Waals surface area contributed by atoms with E-state index in [2.05, 4.69) is 15.5 Å². The molecule has 4 rings (SSSR count). The third-order valence-electron chi connectivity index (χ3n) is 5.18. The van der Waals surface area contributed by atoms with E-state index < -0.39 is 0 Å². The molecule has 0 saturated carbocycles. The van der Waals surface area contributed by atoms with Crippen LogP contribution in [0.3, 0.4) is 0 Å². The molecule has 146 valence electrons. The summed E-state index contributed by atoms with van der Waals surface area (Å²) < 4.78 is 5.40. The third-order valence-corrected chi connectivity index (χ3v) is 5.52. The first-order valence-corrected chi connectivity index (χ1v) is 9.83. The maximum absolute atomic E-state index is 12.7. The average molecular weight is 400 g/mol. The van der Waals surface area contributed by atoms with Crippen LogP contribution >= 0.6 is 11.6 Å². The number of hydrogen-bond donors (Lipinski definition) is 2. The van der Waals surface area contributed by atoms with E-state index >= 15 is 0 Å². The molecule has 2 aliphatic rings. The number of hydrogen-bond acceptors (Lipinski definition) is 4. The van der Waals surface area contributed by atoms with Gasteiger partial charge < -0.3 is 15.4 Å². The molecule has 1 saturated heterocycles. The van der Waals surface area contributed by atoms with Crippen LogP contribution in [0.1, 0.15) is 34.8 Å². The van der Waals surface area contributed by atoms with Crippen molar-refractivity contribution in [2.45, 2.75) is 18.9 Å². The molecule has 0 bridgehead atoms. The number of anilines is 1. The van der Waals surface area contributed by atoms with Crippen molar-refractivity contribution in [2.75, 3.05) is 31.6 Å². The van der Waals surface area contributed by atoms with Gasteiger partial charge in [0.05, 0.1) is 11.7 Å². The lowest BCUT2D eigenvalue weighted by molar-refractivity contribution is -0.118. The number of nitrogens with one attached hydrogen (secondary N) is 2. The molecule has 2 N–H and O–H groups in total. The van der Waals surface area contributed by atoms with Gasteiger partial charge in [0, 0.05) is 17.1 Å². The minimum Gasteiger partial charge on any atom is -0.482 e. The lowest BCUT2D eigenvalue weighted by Gasteiger charge is -2.29.